The first kappa shape index (κ1) is 24.5. The van der Waals surface area contributed by atoms with Crippen molar-refractivity contribution in [2.45, 2.75) is 6.04 Å². The summed E-state index contributed by atoms with van der Waals surface area (Å²) in [4.78, 5) is 16.5. The Bertz CT molecular complexity index is 436. The number of piperazine rings is 1. The van der Waals surface area contributed by atoms with E-state index in [2.05, 4.69) is 34.5 Å². The monoisotopic (exact) mass is 384 g/mol. The molecule has 1 unspecified atom stereocenters. The third-order valence-electron chi connectivity index (χ3n) is 3.74. The molecule has 0 aromatic heterocycles. The topological polar surface area (TPSA) is 47.6 Å². The van der Waals surface area contributed by atoms with Gasteiger partial charge in [-0.1, -0.05) is 18.2 Å². The molecule has 1 heterocycles. The van der Waals surface area contributed by atoms with Gasteiger partial charge in [0, 0.05) is 37.9 Å². The summed E-state index contributed by atoms with van der Waals surface area (Å²) >= 11 is 0. The maximum atomic E-state index is 11.8. The zero-order valence-corrected chi connectivity index (χ0v) is 16.0. The van der Waals surface area contributed by atoms with Gasteiger partial charge in [0.25, 0.3) is 0 Å². The number of benzene rings is 1. The number of nitrogens with zero attached hydrogens (tertiary/aromatic N) is 2. The van der Waals surface area contributed by atoms with Gasteiger partial charge in [-0.3, -0.25) is 9.69 Å². The average molecular weight is 386 g/mol. The molecule has 2 rings (SSSR count). The standard InChI is InChI=1S/C15H24N4O.3ClH/c1-18-8-9-19(2)14(12-18)10-17-15(20)11-16-13-6-4-3-5-7-13;;;/h3-7,14,16H,8-12H2,1-2H3,(H,17,20);3*1H. The summed E-state index contributed by atoms with van der Waals surface area (Å²) < 4.78 is 0. The van der Waals surface area contributed by atoms with Crippen molar-refractivity contribution in [3.63, 3.8) is 0 Å². The van der Waals surface area contributed by atoms with Crippen molar-refractivity contribution in [1.82, 2.24) is 15.1 Å². The molecular weight excluding hydrogens is 359 g/mol. The molecule has 1 aromatic rings. The molecule has 0 radical (unpaired) electrons. The van der Waals surface area contributed by atoms with Gasteiger partial charge in [-0.2, -0.15) is 0 Å². The quantitative estimate of drug-likeness (QED) is 0.810. The number of anilines is 1. The Morgan fingerprint density at radius 1 is 1.13 bits per heavy atom. The fourth-order valence-electron chi connectivity index (χ4n) is 2.35. The van der Waals surface area contributed by atoms with E-state index in [0.717, 1.165) is 25.3 Å². The lowest BCUT2D eigenvalue weighted by atomic mass is 10.2. The number of hydrogen-bond donors (Lipinski definition) is 2. The lowest BCUT2D eigenvalue weighted by Gasteiger charge is -2.37. The van der Waals surface area contributed by atoms with Gasteiger partial charge in [-0.05, 0) is 26.2 Å². The number of nitrogens with one attached hydrogen (secondary N) is 2. The highest BCUT2D eigenvalue weighted by atomic mass is 35.5. The number of carbonyl (C=O) groups is 1. The van der Waals surface area contributed by atoms with E-state index < -0.39 is 0 Å². The van der Waals surface area contributed by atoms with Crippen molar-refractivity contribution in [1.29, 1.82) is 0 Å². The van der Waals surface area contributed by atoms with Gasteiger partial charge in [-0.25, -0.2) is 0 Å². The number of amides is 1. The number of rotatable bonds is 5. The van der Waals surface area contributed by atoms with E-state index in [0.29, 0.717) is 19.1 Å². The lowest BCUT2D eigenvalue weighted by Crippen LogP contribution is -2.54. The molecule has 134 valence electrons. The normalized spacial score (nSPS) is 17.9. The van der Waals surface area contributed by atoms with Crippen LogP contribution in [0.5, 0.6) is 0 Å². The molecule has 1 aromatic carbocycles. The molecule has 1 saturated heterocycles. The summed E-state index contributed by atoms with van der Waals surface area (Å²) in [6, 6.07) is 10.2. The zero-order chi connectivity index (χ0) is 14.4. The summed E-state index contributed by atoms with van der Waals surface area (Å²) in [6.45, 7) is 4.17. The smallest absolute Gasteiger partial charge is 0.239 e. The van der Waals surface area contributed by atoms with E-state index in [1.807, 2.05) is 30.3 Å². The first-order valence-corrected chi connectivity index (χ1v) is 7.09. The van der Waals surface area contributed by atoms with E-state index >= 15 is 0 Å². The molecule has 1 aliphatic heterocycles. The molecule has 0 saturated carbocycles. The van der Waals surface area contributed by atoms with Gasteiger partial charge in [0.1, 0.15) is 0 Å². The maximum absolute atomic E-state index is 11.8. The van der Waals surface area contributed by atoms with Crippen molar-refractivity contribution < 1.29 is 4.79 Å². The van der Waals surface area contributed by atoms with Crippen LogP contribution in [0.4, 0.5) is 5.69 Å². The first-order chi connectivity index (χ1) is 9.65. The van der Waals surface area contributed by atoms with Crippen LogP contribution in [0.1, 0.15) is 0 Å². The molecule has 0 aliphatic carbocycles. The molecule has 2 N–H and O–H groups in total. The minimum atomic E-state index is 0. The second kappa shape index (κ2) is 12.7. The highest BCUT2D eigenvalue weighted by Gasteiger charge is 2.22. The second-order valence-corrected chi connectivity index (χ2v) is 5.42. The summed E-state index contributed by atoms with van der Waals surface area (Å²) in [6.07, 6.45) is 0. The van der Waals surface area contributed by atoms with Gasteiger partial charge in [0.15, 0.2) is 0 Å². The lowest BCUT2D eigenvalue weighted by molar-refractivity contribution is -0.119. The Balaban J connectivity index is 0. The molecular formula is C15H27Cl3N4O. The van der Waals surface area contributed by atoms with E-state index in [1.165, 1.54) is 0 Å². The molecule has 0 spiro atoms. The highest BCUT2D eigenvalue weighted by Crippen LogP contribution is 2.05. The largest absolute Gasteiger partial charge is 0.376 e. The fraction of sp³-hybridized carbons (Fsp3) is 0.533. The molecule has 1 fully saturated rings. The zero-order valence-electron chi connectivity index (χ0n) is 13.5. The minimum Gasteiger partial charge on any atom is -0.376 e. The van der Waals surface area contributed by atoms with Crippen LogP contribution in [-0.2, 0) is 4.79 Å². The van der Waals surface area contributed by atoms with Gasteiger partial charge in [0.2, 0.25) is 5.91 Å². The van der Waals surface area contributed by atoms with E-state index in [9.17, 15) is 4.79 Å². The SMILES string of the molecule is CN1CCN(C)C(CNC(=O)CNc2ccccc2)C1.Cl.Cl.Cl. The number of likely N-dealkylation sites (N-methyl/N-ethyl adjacent to an activating group) is 2. The van der Waals surface area contributed by atoms with Crippen molar-refractivity contribution >= 4 is 48.8 Å². The van der Waals surface area contributed by atoms with Crippen LogP contribution in [-0.4, -0.2) is 68.6 Å². The van der Waals surface area contributed by atoms with Gasteiger partial charge in [-0.15, -0.1) is 37.2 Å². The van der Waals surface area contributed by atoms with E-state index in [-0.39, 0.29) is 43.1 Å². The Morgan fingerprint density at radius 2 is 1.78 bits per heavy atom. The van der Waals surface area contributed by atoms with Gasteiger partial charge >= 0.3 is 0 Å². The summed E-state index contributed by atoms with van der Waals surface area (Å²) in [5.74, 6) is 0.0375. The molecule has 8 heteroatoms. The fourth-order valence-corrected chi connectivity index (χ4v) is 2.35. The van der Waals surface area contributed by atoms with Crippen LogP contribution < -0.4 is 10.6 Å². The highest BCUT2D eigenvalue weighted by molar-refractivity contribution is 5.86. The van der Waals surface area contributed by atoms with Crippen molar-refractivity contribution in [3.8, 4) is 0 Å². The predicted molar refractivity (Wildman–Crippen MR) is 104 cm³/mol. The van der Waals surface area contributed by atoms with Gasteiger partial charge in [0.05, 0.1) is 6.54 Å². The van der Waals surface area contributed by atoms with Crippen molar-refractivity contribution in [3.05, 3.63) is 30.3 Å². The van der Waals surface area contributed by atoms with Crippen molar-refractivity contribution in [2.24, 2.45) is 0 Å². The average Bonchev–Trinajstić information content (AvgIpc) is 2.47. The molecule has 0 bridgehead atoms. The molecule has 1 aliphatic rings. The van der Waals surface area contributed by atoms with Crippen LogP contribution in [0.2, 0.25) is 0 Å². The van der Waals surface area contributed by atoms with Crippen LogP contribution in [0.25, 0.3) is 0 Å². The van der Waals surface area contributed by atoms with Crippen LogP contribution in [0.3, 0.4) is 0 Å². The van der Waals surface area contributed by atoms with Gasteiger partial charge < -0.3 is 15.5 Å². The van der Waals surface area contributed by atoms with E-state index in [4.69, 9.17) is 0 Å². The Morgan fingerprint density at radius 3 is 2.43 bits per heavy atom. The first-order valence-electron chi connectivity index (χ1n) is 7.09. The molecule has 1 amide bonds. The molecule has 1 atom stereocenters. The Labute approximate surface area is 157 Å². The van der Waals surface area contributed by atoms with Crippen molar-refractivity contribution in [2.75, 3.05) is 52.1 Å². The van der Waals surface area contributed by atoms with Crippen LogP contribution in [0, 0.1) is 0 Å². The van der Waals surface area contributed by atoms with Crippen LogP contribution in [0.15, 0.2) is 30.3 Å². The van der Waals surface area contributed by atoms with Crippen LogP contribution >= 0.6 is 37.2 Å². The number of hydrogen-bond acceptors (Lipinski definition) is 4. The number of halogens is 3. The third kappa shape index (κ3) is 8.63. The summed E-state index contributed by atoms with van der Waals surface area (Å²) in [5.41, 5.74) is 0.970. The Kier molecular flexibility index (Phi) is 13.5. The number of para-hydroxylation sites is 1. The molecule has 23 heavy (non-hydrogen) atoms. The second-order valence-electron chi connectivity index (χ2n) is 5.42. The predicted octanol–water partition coefficient (Wildman–Crippen LogP) is 1.73. The maximum Gasteiger partial charge on any atom is 0.239 e. The Hall–Kier alpha value is -0.720. The summed E-state index contributed by atoms with van der Waals surface area (Å²) in [5, 5.41) is 6.12. The number of carbonyl (C=O) groups excluding carboxylic acids is 1. The minimum absolute atomic E-state index is 0. The molecule has 5 nitrogen and oxygen atoms in total. The summed E-state index contributed by atoms with van der Waals surface area (Å²) in [7, 11) is 4.24. The third-order valence-corrected chi connectivity index (χ3v) is 3.74. The van der Waals surface area contributed by atoms with E-state index in [1.54, 1.807) is 0 Å².